The van der Waals surface area contributed by atoms with E-state index in [1.807, 2.05) is 0 Å². The van der Waals surface area contributed by atoms with Crippen LogP contribution >= 0.6 is 12.4 Å². The molecule has 7 heteroatoms. The lowest BCUT2D eigenvalue weighted by atomic mass is 9.99. The number of benzene rings is 1. The number of sulfone groups is 1. The molecule has 0 bridgehead atoms. The van der Waals surface area contributed by atoms with Crippen molar-refractivity contribution in [2.24, 2.45) is 5.92 Å². The summed E-state index contributed by atoms with van der Waals surface area (Å²) in [6.45, 7) is 4.31. The van der Waals surface area contributed by atoms with Crippen LogP contribution in [0.25, 0.3) is 0 Å². The lowest BCUT2D eigenvalue weighted by Crippen LogP contribution is -2.38. The van der Waals surface area contributed by atoms with Gasteiger partial charge in [-0.15, -0.1) is 12.4 Å². The summed E-state index contributed by atoms with van der Waals surface area (Å²) in [5.74, 6) is 0.230. The van der Waals surface area contributed by atoms with Crippen molar-refractivity contribution in [3.05, 3.63) is 29.3 Å². The number of amides is 1. The molecule has 1 amide bonds. The normalized spacial score (nSPS) is 18.4. The minimum absolute atomic E-state index is 0. The van der Waals surface area contributed by atoms with Gasteiger partial charge in [-0.2, -0.15) is 0 Å². The fourth-order valence-electron chi connectivity index (χ4n) is 2.58. The van der Waals surface area contributed by atoms with Gasteiger partial charge in [-0.1, -0.05) is 6.07 Å². The first-order valence-corrected chi connectivity index (χ1v) is 9.06. The lowest BCUT2D eigenvalue weighted by Gasteiger charge is -2.22. The molecule has 0 radical (unpaired) electrons. The van der Waals surface area contributed by atoms with Gasteiger partial charge in [-0.25, -0.2) is 8.42 Å². The lowest BCUT2D eigenvalue weighted by molar-refractivity contribution is 0.0944. The minimum atomic E-state index is -3.31. The second kappa shape index (κ2) is 7.94. The molecule has 1 unspecified atom stereocenters. The zero-order chi connectivity index (χ0) is 15.5. The first-order chi connectivity index (χ1) is 9.88. The number of hydrogen-bond donors (Lipinski definition) is 2. The van der Waals surface area contributed by atoms with Crippen molar-refractivity contribution in [1.29, 1.82) is 0 Å². The van der Waals surface area contributed by atoms with Crippen molar-refractivity contribution < 1.29 is 13.2 Å². The van der Waals surface area contributed by atoms with Crippen LogP contribution in [0.4, 0.5) is 0 Å². The van der Waals surface area contributed by atoms with Crippen LogP contribution in [-0.4, -0.2) is 40.2 Å². The Kier molecular flexibility index (Phi) is 6.84. The first kappa shape index (κ1) is 18.9. The summed E-state index contributed by atoms with van der Waals surface area (Å²) in [6.07, 6.45) is 3.39. The van der Waals surface area contributed by atoms with Crippen molar-refractivity contribution in [3.63, 3.8) is 0 Å². The van der Waals surface area contributed by atoms with E-state index in [-0.39, 0.29) is 23.2 Å². The molecule has 0 aliphatic carbocycles. The number of aryl methyl sites for hydroxylation is 1. The molecule has 1 aromatic carbocycles. The average molecular weight is 347 g/mol. The predicted octanol–water partition coefficient (Wildman–Crippen LogP) is 1.55. The van der Waals surface area contributed by atoms with Gasteiger partial charge in [-0.3, -0.25) is 4.79 Å². The third-order valence-electron chi connectivity index (χ3n) is 3.80. The van der Waals surface area contributed by atoms with Gasteiger partial charge in [0.1, 0.15) is 0 Å². The molecular weight excluding hydrogens is 324 g/mol. The maximum Gasteiger partial charge on any atom is 0.251 e. The van der Waals surface area contributed by atoms with Gasteiger partial charge in [0.25, 0.3) is 5.91 Å². The van der Waals surface area contributed by atoms with E-state index in [0.29, 0.717) is 23.6 Å². The second-order valence-electron chi connectivity index (χ2n) is 5.67. The number of piperidine rings is 1. The molecule has 1 aliphatic heterocycles. The third kappa shape index (κ3) is 4.97. The Balaban J connectivity index is 0.00000242. The predicted molar refractivity (Wildman–Crippen MR) is 89.5 cm³/mol. The number of nitrogens with one attached hydrogen (secondary N) is 2. The molecule has 0 spiro atoms. The molecule has 124 valence electrons. The highest BCUT2D eigenvalue weighted by Gasteiger charge is 2.17. The Hall–Kier alpha value is -1.11. The first-order valence-electron chi connectivity index (χ1n) is 7.17. The summed E-state index contributed by atoms with van der Waals surface area (Å²) >= 11 is 0. The van der Waals surface area contributed by atoms with Crippen LogP contribution in [0, 0.1) is 12.8 Å². The van der Waals surface area contributed by atoms with Crippen molar-refractivity contribution in [1.82, 2.24) is 10.6 Å². The Morgan fingerprint density at radius 1 is 1.41 bits per heavy atom. The third-order valence-corrected chi connectivity index (χ3v) is 5.04. The van der Waals surface area contributed by atoms with Gasteiger partial charge in [0.05, 0.1) is 4.90 Å². The quantitative estimate of drug-likeness (QED) is 0.867. The van der Waals surface area contributed by atoms with E-state index in [1.165, 1.54) is 6.07 Å². The van der Waals surface area contributed by atoms with Gasteiger partial charge in [0.15, 0.2) is 9.84 Å². The molecule has 1 aromatic rings. The maximum absolute atomic E-state index is 12.2. The highest BCUT2D eigenvalue weighted by Crippen LogP contribution is 2.17. The zero-order valence-corrected chi connectivity index (χ0v) is 14.5. The van der Waals surface area contributed by atoms with E-state index in [0.717, 1.165) is 32.2 Å². The summed E-state index contributed by atoms with van der Waals surface area (Å²) < 4.78 is 23.4. The molecule has 1 saturated heterocycles. The smallest absolute Gasteiger partial charge is 0.251 e. The van der Waals surface area contributed by atoms with Gasteiger partial charge >= 0.3 is 0 Å². The second-order valence-corrected chi connectivity index (χ2v) is 7.66. The van der Waals surface area contributed by atoms with Gasteiger partial charge in [0, 0.05) is 18.4 Å². The Morgan fingerprint density at radius 3 is 2.73 bits per heavy atom. The van der Waals surface area contributed by atoms with E-state index in [4.69, 9.17) is 0 Å². The number of carbonyl (C=O) groups is 1. The average Bonchev–Trinajstić information content (AvgIpc) is 2.45. The molecular formula is C15H23ClN2O3S. The molecule has 1 atom stereocenters. The summed E-state index contributed by atoms with van der Waals surface area (Å²) in [4.78, 5) is 12.4. The zero-order valence-electron chi connectivity index (χ0n) is 12.9. The molecule has 22 heavy (non-hydrogen) atoms. The maximum atomic E-state index is 12.2. The SMILES string of the molecule is Cc1ccc(C(=O)NCC2CCCNC2)cc1S(C)(=O)=O.Cl. The number of hydrogen-bond acceptors (Lipinski definition) is 4. The van der Waals surface area contributed by atoms with Crippen molar-refractivity contribution in [2.45, 2.75) is 24.7 Å². The fourth-order valence-corrected chi connectivity index (χ4v) is 3.57. The molecule has 1 heterocycles. The van der Waals surface area contributed by atoms with E-state index in [1.54, 1.807) is 19.1 Å². The van der Waals surface area contributed by atoms with Crippen molar-refractivity contribution in [3.8, 4) is 0 Å². The minimum Gasteiger partial charge on any atom is -0.352 e. The van der Waals surface area contributed by atoms with E-state index >= 15 is 0 Å². The highest BCUT2D eigenvalue weighted by atomic mass is 35.5. The number of carbonyl (C=O) groups excluding carboxylic acids is 1. The number of halogens is 1. The van der Waals surface area contributed by atoms with Crippen LogP contribution in [-0.2, 0) is 9.84 Å². The van der Waals surface area contributed by atoms with Gasteiger partial charge in [0.2, 0.25) is 0 Å². The molecule has 5 nitrogen and oxygen atoms in total. The van der Waals surface area contributed by atoms with Crippen LogP contribution in [0.2, 0.25) is 0 Å². The summed E-state index contributed by atoms with van der Waals surface area (Å²) in [5.41, 5.74) is 1.05. The molecule has 0 saturated carbocycles. The Bertz CT molecular complexity index is 626. The van der Waals surface area contributed by atoms with Crippen LogP contribution in [0.15, 0.2) is 23.1 Å². The standard InChI is InChI=1S/C15H22N2O3S.ClH/c1-11-5-6-13(8-14(11)21(2,19)20)15(18)17-10-12-4-3-7-16-9-12;/h5-6,8,12,16H,3-4,7,9-10H2,1-2H3,(H,17,18);1H. The summed E-state index contributed by atoms with van der Waals surface area (Å²) in [7, 11) is -3.31. The number of rotatable bonds is 4. The molecule has 1 fully saturated rings. The van der Waals surface area contributed by atoms with Gasteiger partial charge in [-0.05, 0) is 56.5 Å². The van der Waals surface area contributed by atoms with Crippen molar-refractivity contribution >= 4 is 28.2 Å². The molecule has 1 aliphatic rings. The highest BCUT2D eigenvalue weighted by molar-refractivity contribution is 7.90. The van der Waals surface area contributed by atoms with E-state index in [9.17, 15) is 13.2 Å². The Morgan fingerprint density at radius 2 is 2.14 bits per heavy atom. The van der Waals surface area contributed by atoms with Crippen LogP contribution in [0.1, 0.15) is 28.8 Å². The summed E-state index contributed by atoms with van der Waals surface area (Å²) in [5, 5.41) is 6.20. The molecule has 0 aromatic heterocycles. The molecule has 2 N–H and O–H groups in total. The van der Waals surface area contributed by atoms with E-state index < -0.39 is 9.84 Å². The summed E-state index contributed by atoms with van der Waals surface area (Å²) in [6, 6.07) is 4.80. The van der Waals surface area contributed by atoms with Gasteiger partial charge < -0.3 is 10.6 Å². The largest absolute Gasteiger partial charge is 0.352 e. The monoisotopic (exact) mass is 346 g/mol. The fraction of sp³-hybridized carbons (Fsp3) is 0.533. The van der Waals surface area contributed by atoms with E-state index in [2.05, 4.69) is 10.6 Å². The van der Waals surface area contributed by atoms with Crippen LogP contribution in [0.3, 0.4) is 0 Å². The Labute approximate surface area is 138 Å². The van der Waals surface area contributed by atoms with Crippen LogP contribution < -0.4 is 10.6 Å². The van der Waals surface area contributed by atoms with Crippen molar-refractivity contribution in [2.75, 3.05) is 25.9 Å². The topological polar surface area (TPSA) is 75.3 Å². The molecule has 2 rings (SSSR count). The van der Waals surface area contributed by atoms with Crippen LogP contribution in [0.5, 0.6) is 0 Å².